The van der Waals surface area contributed by atoms with Crippen LogP contribution in [0, 0.1) is 0 Å². The van der Waals surface area contributed by atoms with Gasteiger partial charge in [0.25, 0.3) is 0 Å². The van der Waals surface area contributed by atoms with E-state index >= 15 is 0 Å². The molecule has 0 aliphatic heterocycles. The van der Waals surface area contributed by atoms with Crippen molar-refractivity contribution in [3.63, 3.8) is 0 Å². The molecular formula is C9H13BrO2S. The van der Waals surface area contributed by atoms with E-state index in [4.69, 9.17) is 4.74 Å². The van der Waals surface area contributed by atoms with Crippen molar-refractivity contribution in [3.8, 4) is 0 Å². The number of thiophene rings is 1. The molecule has 0 radical (unpaired) electrons. The fourth-order valence-corrected chi connectivity index (χ4v) is 2.10. The van der Waals surface area contributed by atoms with Crippen LogP contribution in [0.1, 0.15) is 25.5 Å². The van der Waals surface area contributed by atoms with Crippen LogP contribution in [-0.2, 0) is 4.74 Å². The Kier molecular flexibility index (Phi) is 4.38. The third kappa shape index (κ3) is 3.77. The molecule has 0 spiro atoms. The average Bonchev–Trinajstić information content (AvgIpc) is 2.47. The van der Waals surface area contributed by atoms with Crippen molar-refractivity contribution in [2.75, 3.05) is 6.61 Å². The summed E-state index contributed by atoms with van der Waals surface area (Å²) in [5.41, 5.74) is 0.914. The molecule has 0 aliphatic carbocycles. The highest BCUT2D eigenvalue weighted by atomic mass is 79.9. The Labute approximate surface area is 90.7 Å². The molecule has 13 heavy (non-hydrogen) atoms. The lowest BCUT2D eigenvalue weighted by Crippen LogP contribution is -2.11. The van der Waals surface area contributed by atoms with E-state index in [1.54, 1.807) is 11.3 Å². The zero-order valence-electron chi connectivity index (χ0n) is 7.66. The molecule has 4 heteroatoms. The van der Waals surface area contributed by atoms with Gasteiger partial charge in [0.05, 0.1) is 16.5 Å². The number of hydrogen-bond donors (Lipinski definition) is 1. The summed E-state index contributed by atoms with van der Waals surface area (Å²) in [6.45, 7) is 4.27. The van der Waals surface area contributed by atoms with Gasteiger partial charge in [-0.3, -0.25) is 0 Å². The van der Waals surface area contributed by atoms with Crippen LogP contribution in [0.2, 0.25) is 0 Å². The van der Waals surface area contributed by atoms with Crippen LogP contribution in [0.4, 0.5) is 0 Å². The third-order valence-electron chi connectivity index (χ3n) is 1.56. The molecule has 1 aromatic heterocycles. The highest BCUT2D eigenvalue weighted by Gasteiger charge is 2.10. The molecule has 1 atom stereocenters. The van der Waals surface area contributed by atoms with Gasteiger partial charge in [-0.15, -0.1) is 11.3 Å². The minimum absolute atomic E-state index is 0.164. The molecule has 0 saturated heterocycles. The molecule has 0 fully saturated rings. The topological polar surface area (TPSA) is 29.5 Å². The molecule has 1 aromatic rings. The monoisotopic (exact) mass is 264 g/mol. The molecule has 0 aliphatic rings. The molecule has 1 rings (SSSR count). The van der Waals surface area contributed by atoms with Gasteiger partial charge in [-0.25, -0.2) is 0 Å². The third-order valence-corrected chi connectivity index (χ3v) is 3.08. The summed E-state index contributed by atoms with van der Waals surface area (Å²) in [5, 5.41) is 11.6. The number of aliphatic hydroxyl groups excluding tert-OH is 1. The van der Waals surface area contributed by atoms with Gasteiger partial charge in [0, 0.05) is 0 Å². The van der Waals surface area contributed by atoms with E-state index in [2.05, 4.69) is 15.9 Å². The summed E-state index contributed by atoms with van der Waals surface area (Å²) in [6, 6.07) is 1.92. The summed E-state index contributed by atoms with van der Waals surface area (Å²) in [7, 11) is 0. The second kappa shape index (κ2) is 5.10. The zero-order valence-corrected chi connectivity index (χ0v) is 10.1. The van der Waals surface area contributed by atoms with Crippen LogP contribution < -0.4 is 0 Å². The Bertz CT molecular complexity index is 260. The van der Waals surface area contributed by atoms with E-state index < -0.39 is 6.10 Å². The standard InChI is InChI=1S/C9H13BrO2S/c1-6(2)12-4-8(11)7-3-9(10)13-5-7/h3,5-6,8,11H,4H2,1-2H3. The fourth-order valence-electron chi connectivity index (χ4n) is 0.878. The summed E-state index contributed by atoms with van der Waals surface area (Å²) < 4.78 is 6.34. The molecule has 74 valence electrons. The first-order valence-corrected chi connectivity index (χ1v) is 5.80. The lowest BCUT2D eigenvalue weighted by atomic mass is 10.2. The Morgan fingerprint density at radius 1 is 1.62 bits per heavy atom. The number of aliphatic hydroxyl groups is 1. The molecule has 2 nitrogen and oxygen atoms in total. The van der Waals surface area contributed by atoms with Crippen LogP contribution in [0.3, 0.4) is 0 Å². The maximum atomic E-state index is 9.64. The molecular weight excluding hydrogens is 252 g/mol. The van der Waals surface area contributed by atoms with Crippen molar-refractivity contribution in [2.24, 2.45) is 0 Å². The lowest BCUT2D eigenvalue weighted by molar-refractivity contribution is 0.00508. The maximum Gasteiger partial charge on any atom is 0.103 e. The van der Waals surface area contributed by atoms with Crippen molar-refractivity contribution < 1.29 is 9.84 Å². The predicted octanol–water partition coefficient (Wildman–Crippen LogP) is 2.97. The Morgan fingerprint density at radius 3 is 2.77 bits per heavy atom. The van der Waals surface area contributed by atoms with Crippen LogP contribution in [0.15, 0.2) is 15.2 Å². The maximum absolute atomic E-state index is 9.64. The fraction of sp³-hybridized carbons (Fsp3) is 0.556. The van der Waals surface area contributed by atoms with Crippen molar-refractivity contribution in [3.05, 3.63) is 20.8 Å². The van der Waals surface area contributed by atoms with Gasteiger partial charge in [-0.2, -0.15) is 0 Å². The van der Waals surface area contributed by atoms with Crippen LogP contribution in [0.25, 0.3) is 0 Å². The van der Waals surface area contributed by atoms with Crippen molar-refractivity contribution >= 4 is 27.3 Å². The van der Waals surface area contributed by atoms with Crippen molar-refractivity contribution in [2.45, 2.75) is 26.1 Å². The number of halogens is 1. The van der Waals surface area contributed by atoms with Gasteiger partial charge in [-0.1, -0.05) is 0 Å². The first kappa shape index (κ1) is 11.2. The van der Waals surface area contributed by atoms with Gasteiger partial charge >= 0.3 is 0 Å². The van der Waals surface area contributed by atoms with Gasteiger partial charge in [-0.05, 0) is 46.8 Å². The normalized spacial score (nSPS) is 13.6. The molecule has 1 N–H and O–H groups in total. The lowest BCUT2D eigenvalue weighted by Gasteiger charge is -2.11. The van der Waals surface area contributed by atoms with Gasteiger partial charge in [0.2, 0.25) is 0 Å². The highest BCUT2D eigenvalue weighted by molar-refractivity contribution is 9.11. The quantitative estimate of drug-likeness (QED) is 0.906. The smallest absolute Gasteiger partial charge is 0.103 e. The summed E-state index contributed by atoms with van der Waals surface area (Å²) in [4.78, 5) is 0. The van der Waals surface area contributed by atoms with E-state index in [0.717, 1.165) is 9.35 Å². The molecule has 0 bridgehead atoms. The number of rotatable bonds is 4. The Morgan fingerprint density at radius 2 is 2.31 bits per heavy atom. The highest BCUT2D eigenvalue weighted by Crippen LogP contribution is 2.25. The Hall–Kier alpha value is 0.100. The first-order chi connectivity index (χ1) is 6.09. The van der Waals surface area contributed by atoms with Crippen molar-refractivity contribution in [1.82, 2.24) is 0 Å². The SMILES string of the molecule is CC(C)OCC(O)c1csc(Br)c1. The van der Waals surface area contributed by atoms with Gasteiger partial charge < -0.3 is 9.84 Å². The van der Waals surface area contributed by atoms with Gasteiger partial charge in [0.15, 0.2) is 0 Å². The zero-order chi connectivity index (χ0) is 9.84. The summed E-state index contributed by atoms with van der Waals surface area (Å²) in [6.07, 6.45) is -0.346. The van der Waals surface area contributed by atoms with Crippen LogP contribution >= 0.6 is 27.3 Å². The molecule has 1 heterocycles. The van der Waals surface area contributed by atoms with E-state index in [-0.39, 0.29) is 6.10 Å². The minimum atomic E-state index is -0.509. The molecule has 0 saturated carbocycles. The largest absolute Gasteiger partial charge is 0.386 e. The van der Waals surface area contributed by atoms with Crippen molar-refractivity contribution in [1.29, 1.82) is 0 Å². The van der Waals surface area contributed by atoms with E-state index in [0.29, 0.717) is 6.61 Å². The second-order valence-corrected chi connectivity index (χ2v) is 5.37. The minimum Gasteiger partial charge on any atom is -0.386 e. The molecule has 0 aromatic carbocycles. The first-order valence-electron chi connectivity index (χ1n) is 4.13. The van der Waals surface area contributed by atoms with Crippen LogP contribution in [0.5, 0.6) is 0 Å². The van der Waals surface area contributed by atoms with E-state index in [1.807, 2.05) is 25.3 Å². The second-order valence-electron chi connectivity index (χ2n) is 3.08. The average molecular weight is 265 g/mol. The van der Waals surface area contributed by atoms with E-state index in [1.165, 1.54) is 0 Å². The molecule has 1 unspecified atom stereocenters. The summed E-state index contributed by atoms with van der Waals surface area (Å²) in [5.74, 6) is 0. The predicted molar refractivity (Wildman–Crippen MR) is 58.1 cm³/mol. The number of hydrogen-bond acceptors (Lipinski definition) is 3. The summed E-state index contributed by atoms with van der Waals surface area (Å²) >= 11 is 4.92. The molecule has 0 amide bonds. The van der Waals surface area contributed by atoms with E-state index in [9.17, 15) is 5.11 Å². The van der Waals surface area contributed by atoms with Gasteiger partial charge in [0.1, 0.15) is 6.10 Å². The van der Waals surface area contributed by atoms with Crippen LogP contribution in [-0.4, -0.2) is 17.8 Å². The Balaban J connectivity index is 2.44. The number of ether oxygens (including phenoxy) is 1.